The Morgan fingerprint density at radius 2 is 1.80 bits per heavy atom. The van der Waals surface area contributed by atoms with Gasteiger partial charge in [0, 0.05) is 23.2 Å². The Morgan fingerprint density at radius 3 is 2.54 bits per heavy atom. The molecule has 1 amide bonds. The molecule has 41 heavy (non-hydrogen) atoms. The lowest BCUT2D eigenvalue weighted by Gasteiger charge is -2.22. The van der Waals surface area contributed by atoms with Gasteiger partial charge >= 0.3 is 5.97 Å². The summed E-state index contributed by atoms with van der Waals surface area (Å²) in [6, 6.07) is 18.7. The van der Waals surface area contributed by atoms with Crippen LogP contribution in [0.4, 0.5) is 11.4 Å². The molecule has 0 fully saturated rings. The van der Waals surface area contributed by atoms with E-state index in [0.29, 0.717) is 51.8 Å². The highest BCUT2D eigenvalue weighted by Crippen LogP contribution is 2.36. The van der Waals surface area contributed by atoms with Crippen molar-refractivity contribution in [2.45, 2.75) is 24.2 Å². The van der Waals surface area contributed by atoms with Crippen molar-refractivity contribution in [3.63, 3.8) is 0 Å². The summed E-state index contributed by atoms with van der Waals surface area (Å²) in [5.41, 5.74) is 3.97. The number of rotatable bonds is 7. The van der Waals surface area contributed by atoms with Crippen molar-refractivity contribution in [3.8, 4) is 0 Å². The zero-order valence-corrected chi connectivity index (χ0v) is 22.4. The molecular weight excluding hydrogens is 548 g/mol. The number of hydrogen-bond acceptors (Lipinski definition) is 8. The molecule has 0 saturated heterocycles. The summed E-state index contributed by atoms with van der Waals surface area (Å²) in [4.78, 5) is 41.4. The number of hydrogen-bond donors (Lipinski definition) is 2. The van der Waals surface area contributed by atoms with Crippen LogP contribution in [0.25, 0.3) is 22.6 Å². The molecule has 0 radical (unpaired) electrons. The minimum atomic E-state index is -3.87. The van der Waals surface area contributed by atoms with Gasteiger partial charge in [0.2, 0.25) is 10.0 Å². The average Bonchev–Trinajstić information content (AvgIpc) is 2.95. The molecule has 208 valence electrons. The standard InChI is InChI=1S/C29H24N4O7S/c30-41(38,39)22-13-11-20(12-14-22)31-26(34)17-40-29(35)27-23-8-1-2-10-25(23)32-28-19(6-4-9-24(27)28)15-18-5-3-7-21(16-18)33(36)37/h1-3,5,7-8,10-16H,4,6,9,17H2,(H,31,34)(H2,30,38,39)/b19-15-. The molecule has 0 saturated carbocycles. The molecule has 0 atom stereocenters. The summed E-state index contributed by atoms with van der Waals surface area (Å²) in [7, 11) is -3.87. The van der Waals surface area contributed by atoms with E-state index in [2.05, 4.69) is 5.32 Å². The summed E-state index contributed by atoms with van der Waals surface area (Å²) in [6.07, 6.45) is 3.80. The number of nitrogens with one attached hydrogen (secondary N) is 1. The molecule has 4 aromatic rings. The van der Waals surface area contributed by atoms with Gasteiger partial charge in [0.15, 0.2) is 6.61 Å². The number of nitro benzene ring substituents is 1. The van der Waals surface area contributed by atoms with Gasteiger partial charge in [0.05, 0.1) is 26.6 Å². The highest BCUT2D eigenvalue weighted by Gasteiger charge is 2.26. The summed E-state index contributed by atoms with van der Waals surface area (Å²) >= 11 is 0. The fraction of sp³-hybridized carbons (Fsp3) is 0.138. The lowest BCUT2D eigenvalue weighted by atomic mass is 9.86. The van der Waals surface area contributed by atoms with Crippen molar-refractivity contribution < 1.29 is 27.7 Å². The Morgan fingerprint density at radius 1 is 1.05 bits per heavy atom. The fourth-order valence-corrected chi connectivity index (χ4v) is 5.28. The van der Waals surface area contributed by atoms with Crippen molar-refractivity contribution in [1.29, 1.82) is 0 Å². The molecule has 11 nitrogen and oxygen atoms in total. The van der Waals surface area contributed by atoms with Crippen molar-refractivity contribution in [1.82, 2.24) is 4.98 Å². The van der Waals surface area contributed by atoms with Gasteiger partial charge in [-0.1, -0.05) is 30.3 Å². The molecule has 1 aliphatic carbocycles. The highest BCUT2D eigenvalue weighted by molar-refractivity contribution is 7.89. The number of esters is 1. The minimum Gasteiger partial charge on any atom is -0.452 e. The van der Waals surface area contributed by atoms with E-state index in [1.54, 1.807) is 36.4 Å². The molecule has 1 aliphatic rings. The second kappa shape index (κ2) is 11.3. The molecule has 12 heteroatoms. The van der Waals surface area contributed by atoms with E-state index in [0.717, 1.165) is 12.0 Å². The number of amides is 1. The van der Waals surface area contributed by atoms with Crippen molar-refractivity contribution in [2.24, 2.45) is 5.14 Å². The topological polar surface area (TPSA) is 172 Å². The number of nitrogens with two attached hydrogens (primary N) is 1. The number of fused-ring (bicyclic) bond motifs is 2. The predicted octanol–water partition coefficient (Wildman–Crippen LogP) is 4.46. The maximum absolute atomic E-state index is 13.4. The van der Waals surface area contributed by atoms with Gasteiger partial charge in [-0.25, -0.2) is 23.3 Å². The number of benzene rings is 3. The lowest BCUT2D eigenvalue weighted by molar-refractivity contribution is -0.384. The Hall–Kier alpha value is -4.94. The van der Waals surface area contributed by atoms with E-state index < -0.39 is 33.4 Å². The van der Waals surface area contributed by atoms with E-state index in [-0.39, 0.29) is 10.6 Å². The Kier molecular flexibility index (Phi) is 7.60. The van der Waals surface area contributed by atoms with Gasteiger partial charge in [-0.05, 0) is 72.4 Å². The van der Waals surface area contributed by atoms with Crippen molar-refractivity contribution in [3.05, 3.63) is 105 Å². The average molecular weight is 573 g/mol. The van der Waals surface area contributed by atoms with Crippen LogP contribution in [0.3, 0.4) is 0 Å². The van der Waals surface area contributed by atoms with Crippen LogP contribution in [-0.4, -0.2) is 36.8 Å². The number of aromatic nitrogens is 1. The zero-order valence-electron chi connectivity index (χ0n) is 21.6. The predicted molar refractivity (Wildman–Crippen MR) is 152 cm³/mol. The number of sulfonamides is 1. The lowest BCUT2D eigenvalue weighted by Crippen LogP contribution is -2.22. The van der Waals surface area contributed by atoms with E-state index in [1.165, 1.54) is 36.4 Å². The number of allylic oxidation sites excluding steroid dienone is 1. The Labute approximate surface area is 234 Å². The third-order valence-corrected chi connectivity index (χ3v) is 7.53. The third-order valence-electron chi connectivity index (χ3n) is 6.60. The minimum absolute atomic E-state index is 0.0234. The number of anilines is 1. The van der Waals surface area contributed by atoms with Crippen LogP contribution >= 0.6 is 0 Å². The van der Waals surface area contributed by atoms with Gasteiger partial charge in [0.1, 0.15) is 0 Å². The second-order valence-corrected chi connectivity index (χ2v) is 11.0. The van der Waals surface area contributed by atoms with Crippen LogP contribution in [0.2, 0.25) is 0 Å². The third kappa shape index (κ3) is 6.13. The first-order valence-electron chi connectivity index (χ1n) is 12.6. The highest BCUT2D eigenvalue weighted by atomic mass is 32.2. The summed E-state index contributed by atoms with van der Waals surface area (Å²) in [5.74, 6) is -1.30. The number of pyridine rings is 1. The molecule has 3 N–H and O–H groups in total. The second-order valence-electron chi connectivity index (χ2n) is 9.40. The first-order valence-corrected chi connectivity index (χ1v) is 14.1. The van der Waals surface area contributed by atoms with Crippen LogP contribution in [0.1, 0.15) is 40.0 Å². The SMILES string of the molecule is NS(=O)(=O)c1ccc(NC(=O)COC(=O)c2c3c(nc4ccccc24)/C(=C\c2cccc([N+](=O)[O-])c2)CCC3)cc1. The van der Waals surface area contributed by atoms with Gasteiger partial charge < -0.3 is 10.1 Å². The van der Waals surface area contributed by atoms with Gasteiger partial charge in [-0.3, -0.25) is 14.9 Å². The first kappa shape index (κ1) is 27.6. The maximum atomic E-state index is 13.4. The molecule has 0 aliphatic heterocycles. The van der Waals surface area contributed by atoms with Crippen LogP contribution in [0.5, 0.6) is 0 Å². The normalized spacial score (nSPS) is 13.9. The Balaban J connectivity index is 1.42. The number of ether oxygens (including phenoxy) is 1. The first-order chi connectivity index (χ1) is 19.6. The van der Waals surface area contributed by atoms with Crippen molar-refractivity contribution >= 4 is 55.8 Å². The van der Waals surface area contributed by atoms with Crippen LogP contribution in [0, 0.1) is 10.1 Å². The molecular formula is C29H24N4O7S. The fourth-order valence-electron chi connectivity index (χ4n) is 4.77. The zero-order chi connectivity index (χ0) is 29.1. The number of primary sulfonamides is 1. The van der Waals surface area contributed by atoms with Gasteiger partial charge in [-0.2, -0.15) is 0 Å². The summed E-state index contributed by atoms with van der Waals surface area (Å²) in [5, 5.41) is 19.5. The van der Waals surface area contributed by atoms with E-state index in [9.17, 15) is 28.1 Å². The molecule has 0 unspecified atom stereocenters. The number of nitro groups is 1. The van der Waals surface area contributed by atoms with Crippen LogP contribution in [0.15, 0.2) is 77.7 Å². The molecule has 1 heterocycles. The number of carbonyl (C=O) groups is 2. The molecule has 0 bridgehead atoms. The molecule has 1 aromatic heterocycles. The van der Waals surface area contributed by atoms with Gasteiger partial charge in [0.25, 0.3) is 11.6 Å². The van der Waals surface area contributed by atoms with E-state index in [4.69, 9.17) is 14.9 Å². The number of non-ortho nitro benzene ring substituents is 1. The smallest absolute Gasteiger partial charge is 0.339 e. The van der Waals surface area contributed by atoms with Crippen LogP contribution in [-0.2, 0) is 26.0 Å². The number of nitrogens with zero attached hydrogens (tertiary/aromatic N) is 2. The summed E-state index contributed by atoms with van der Waals surface area (Å²) < 4.78 is 28.3. The van der Waals surface area contributed by atoms with E-state index >= 15 is 0 Å². The van der Waals surface area contributed by atoms with Crippen molar-refractivity contribution in [2.75, 3.05) is 11.9 Å². The van der Waals surface area contributed by atoms with Crippen LogP contribution < -0.4 is 10.5 Å². The largest absolute Gasteiger partial charge is 0.452 e. The molecule has 5 rings (SSSR count). The number of para-hydroxylation sites is 1. The van der Waals surface area contributed by atoms with Gasteiger partial charge in [-0.15, -0.1) is 0 Å². The Bertz CT molecular complexity index is 1830. The monoisotopic (exact) mass is 572 g/mol. The summed E-state index contributed by atoms with van der Waals surface area (Å²) in [6.45, 7) is -0.572. The maximum Gasteiger partial charge on any atom is 0.339 e. The van der Waals surface area contributed by atoms with E-state index in [1.807, 2.05) is 6.08 Å². The molecule has 0 spiro atoms. The quantitative estimate of drug-likeness (QED) is 0.186. The molecule has 3 aromatic carbocycles. The number of carbonyl (C=O) groups excluding carboxylic acids is 2.